The predicted octanol–water partition coefficient (Wildman–Crippen LogP) is 5.15. The Hall–Kier alpha value is -2.45. The normalized spacial score (nSPS) is 18.0. The van der Waals surface area contributed by atoms with E-state index in [0.29, 0.717) is 10.2 Å². The van der Waals surface area contributed by atoms with Gasteiger partial charge in [-0.2, -0.15) is 0 Å². The number of nitrogens with one attached hydrogen (secondary N) is 1. The molecule has 5 rings (SSSR count). The molecule has 5 nitrogen and oxygen atoms in total. The van der Waals surface area contributed by atoms with Gasteiger partial charge in [0, 0.05) is 17.4 Å². The summed E-state index contributed by atoms with van der Waals surface area (Å²) in [5.41, 5.74) is 2.03. The molecule has 0 radical (unpaired) electrons. The van der Waals surface area contributed by atoms with Crippen LogP contribution in [-0.4, -0.2) is 18.4 Å². The molecule has 0 bridgehead atoms. The second-order valence-corrected chi connectivity index (χ2v) is 10.2. The predicted molar refractivity (Wildman–Crippen MR) is 119 cm³/mol. The van der Waals surface area contributed by atoms with E-state index < -0.39 is 16.1 Å². The molecule has 3 aromatic carbocycles. The van der Waals surface area contributed by atoms with E-state index in [0.717, 1.165) is 21.9 Å². The first-order valence-electron chi connectivity index (χ1n) is 9.26. The summed E-state index contributed by atoms with van der Waals surface area (Å²) in [6.07, 6.45) is 3.37. The fraction of sp³-hybridized carbons (Fsp3) is 0.0909. The van der Waals surface area contributed by atoms with Crippen molar-refractivity contribution in [1.29, 1.82) is 0 Å². The number of hydrogen-bond acceptors (Lipinski definition) is 5. The van der Waals surface area contributed by atoms with Gasteiger partial charge in [-0.15, -0.1) is 0 Å². The summed E-state index contributed by atoms with van der Waals surface area (Å²) in [7, 11) is -3.76. The van der Waals surface area contributed by atoms with E-state index in [1.807, 2.05) is 36.4 Å². The van der Waals surface area contributed by atoms with Crippen molar-refractivity contribution >= 4 is 44.2 Å². The van der Waals surface area contributed by atoms with Gasteiger partial charge in [-0.25, -0.2) is 23.1 Å². The standard InChI is InChI=1S/C22H16ClN3O2S2/c23-15-8-10-16(11-9-15)30(27,28)26-20-17-6-1-4-14-5-2-7-18(19(14)17)21(20)29-22-24-12-3-13-25-22/h1-13,20-21,26H/t20-,21+/m0/s1. The third kappa shape index (κ3) is 3.48. The smallest absolute Gasteiger partial charge is 0.231 e. The first-order chi connectivity index (χ1) is 14.5. The Morgan fingerprint density at radius 1 is 0.867 bits per heavy atom. The van der Waals surface area contributed by atoms with Crippen molar-refractivity contribution in [3.8, 4) is 0 Å². The van der Waals surface area contributed by atoms with Gasteiger partial charge in [0.1, 0.15) is 0 Å². The first kappa shape index (κ1) is 19.5. The Bertz CT molecular complexity index is 1320. The highest BCUT2D eigenvalue weighted by Gasteiger charge is 2.38. The lowest BCUT2D eigenvalue weighted by Crippen LogP contribution is -2.30. The van der Waals surface area contributed by atoms with Crippen LogP contribution in [0.25, 0.3) is 10.8 Å². The van der Waals surface area contributed by atoms with Crippen molar-refractivity contribution in [1.82, 2.24) is 14.7 Å². The van der Waals surface area contributed by atoms with Crippen LogP contribution < -0.4 is 4.72 Å². The zero-order valence-corrected chi connectivity index (χ0v) is 18.0. The summed E-state index contributed by atoms with van der Waals surface area (Å²) in [6, 6.07) is 19.5. The average Bonchev–Trinajstić information content (AvgIpc) is 3.04. The Morgan fingerprint density at radius 3 is 2.23 bits per heavy atom. The zero-order valence-electron chi connectivity index (χ0n) is 15.6. The molecule has 0 unspecified atom stereocenters. The number of benzene rings is 3. The summed E-state index contributed by atoms with van der Waals surface area (Å²) in [4.78, 5) is 8.83. The zero-order chi connectivity index (χ0) is 20.7. The molecule has 150 valence electrons. The number of hydrogen-bond donors (Lipinski definition) is 1. The van der Waals surface area contributed by atoms with E-state index >= 15 is 0 Å². The Balaban J connectivity index is 1.59. The minimum absolute atomic E-state index is 0.176. The second-order valence-electron chi connectivity index (χ2n) is 6.92. The van der Waals surface area contributed by atoms with Crippen LogP contribution in [0, 0.1) is 0 Å². The van der Waals surface area contributed by atoms with Gasteiger partial charge in [0.15, 0.2) is 5.16 Å². The summed E-state index contributed by atoms with van der Waals surface area (Å²) in [5, 5.41) is 3.05. The molecule has 0 saturated heterocycles. The maximum atomic E-state index is 13.2. The number of rotatable bonds is 5. The van der Waals surface area contributed by atoms with Crippen LogP contribution in [0.15, 0.2) is 89.2 Å². The fourth-order valence-corrected chi connectivity index (χ4v) is 6.39. The summed E-state index contributed by atoms with van der Waals surface area (Å²) in [5.74, 6) is 0. The lowest BCUT2D eigenvalue weighted by Gasteiger charge is -2.22. The van der Waals surface area contributed by atoms with Crippen LogP contribution in [0.2, 0.25) is 5.02 Å². The number of aromatic nitrogens is 2. The molecule has 30 heavy (non-hydrogen) atoms. The molecule has 1 aromatic heterocycles. The van der Waals surface area contributed by atoms with Crippen molar-refractivity contribution in [2.45, 2.75) is 21.3 Å². The van der Waals surface area contributed by atoms with Crippen molar-refractivity contribution in [3.05, 3.63) is 95.3 Å². The topological polar surface area (TPSA) is 72.0 Å². The number of thioether (sulfide) groups is 1. The van der Waals surface area contributed by atoms with Crippen LogP contribution >= 0.6 is 23.4 Å². The molecule has 8 heteroatoms. The molecular formula is C22H16ClN3O2S2. The molecule has 1 aliphatic carbocycles. The lowest BCUT2D eigenvalue weighted by atomic mass is 10.1. The summed E-state index contributed by atoms with van der Waals surface area (Å²) in [6.45, 7) is 0. The van der Waals surface area contributed by atoms with Crippen LogP contribution in [0.4, 0.5) is 0 Å². The molecular weight excluding hydrogens is 438 g/mol. The molecule has 0 aliphatic heterocycles. The largest absolute Gasteiger partial charge is 0.241 e. The number of halogens is 1. The molecule has 1 N–H and O–H groups in total. The molecule has 0 saturated carbocycles. The third-order valence-electron chi connectivity index (χ3n) is 5.09. The van der Waals surface area contributed by atoms with Crippen molar-refractivity contribution in [2.75, 3.05) is 0 Å². The highest BCUT2D eigenvalue weighted by Crippen LogP contribution is 2.52. The van der Waals surface area contributed by atoms with E-state index in [9.17, 15) is 8.42 Å². The fourth-order valence-electron chi connectivity index (χ4n) is 3.80. The van der Waals surface area contributed by atoms with E-state index in [1.165, 1.54) is 23.9 Å². The van der Waals surface area contributed by atoms with Gasteiger partial charge in [0.05, 0.1) is 16.2 Å². The highest BCUT2D eigenvalue weighted by molar-refractivity contribution is 7.99. The molecule has 0 amide bonds. The van der Waals surface area contributed by atoms with Crippen LogP contribution in [0.3, 0.4) is 0 Å². The lowest BCUT2D eigenvalue weighted by molar-refractivity contribution is 0.557. The van der Waals surface area contributed by atoms with Gasteiger partial charge >= 0.3 is 0 Å². The summed E-state index contributed by atoms with van der Waals surface area (Å²) < 4.78 is 29.3. The van der Waals surface area contributed by atoms with Crippen molar-refractivity contribution in [2.24, 2.45) is 0 Å². The minimum atomic E-state index is -3.76. The molecule has 0 spiro atoms. The quantitative estimate of drug-likeness (QED) is 0.423. The Labute approximate surface area is 183 Å². The summed E-state index contributed by atoms with van der Waals surface area (Å²) >= 11 is 7.38. The highest BCUT2D eigenvalue weighted by atomic mass is 35.5. The maximum Gasteiger partial charge on any atom is 0.241 e. The van der Waals surface area contributed by atoms with Crippen molar-refractivity contribution < 1.29 is 8.42 Å². The van der Waals surface area contributed by atoms with E-state index in [2.05, 4.69) is 14.7 Å². The van der Waals surface area contributed by atoms with Gasteiger partial charge in [-0.1, -0.05) is 59.8 Å². The van der Waals surface area contributed by atoms with Gasteiger partial charge in [-0.3, -0.25) is 0 Å². The molecule has 2 atom stereocenters. The van der Waals surface area contributed by atoms with Gasteiger partial charge in [-0.05, 0) is 52.2 Å². The Kier molecular flexibility index (Phi) is 4.99. The molecule has 1 aliphatic rings. The average molecular weight is 454 g/mol. The van der Waals surface area contributed by atoms with Crippen LogP contribution in [-0.2, 0) is 10.0 Å². The van der Waals surface area contributed by atoms with Gasteiger partial charge in [0.2, 0.25) is 10.0 Å². The van der Waals surface area contributed by atoms with Gasteiger partial charge < -0.3 is 0 Å². The van der Waals surface area contributed by atoms with E-state index in [1.54, 1.807) is 30.6 Å². The van der Waals surface area contributed by atoms with Crippen LogP contribution in [0.5, 0.6) is 0 Å². The number of sulfonamides is 1. The molecule has 4 aromatic rings. The monoisotopic (exact) mass is 453 g/mol. The number of nitrogens with zero attached hydrogens (tertiary/aromatic N) is 2. The maximum absolute atomic E-state index is 13.2. The second kappa shape index (κ2) is 7.67. The SMILES string of the molecule is O=S(=O)(N[C@H]1c2cccc3cccc(c23)[C@H]1Sc1ncccn1)c1ccc(Cl)cc1. The minimum Gasteiger partial charge on any atom is -0.231 e. The van der Waals surface area contributed by atoms with E-state index in [4.69, 9.17) is 11.6 Å². The Morgan fingerprint density at radius 2 is 1.53 bits per heavy atom. The van der Waals surface area contributed by atoms with Gasteiger partial charge in [0.25, 0.3) is 0 Å². The van der Waals surface area contributed by atoms with E-state index in [-0.39, 0.29) is 10.1 Å². The van der Waals surface area contributed by atoms with Crippen molar-refractivity contribution in [3.63, 3.8) is 0 Å². The molecule has 1 heterocycles. The first-order valence-corrected chi connectivity index (χ1v) is 12.0. The third-order valence-corrected chi connectivity index (χ3v) is 8.00. The molecule has 0 fully saturated rings. The van der Waals surface area contributed by atoms with Crippen LogP contribution in [0.1, 0.15) is 22.4 Å².